The summed E-state index contributed by atoms with van der Waals surface area (Å²) < 4.78 is 5.69. The molecule has 0 bridgehead atoms. The predicted octanol–water partition coefficient (Wildman–Crippen LogP) is 5.78. The lowest BCUT2D eigenvalue weighted by molar-refractivity contribution is -0.158. The van der Waals surface area contributed by atoms with Gasteiger partial charge in [0.25, 0.3) is 0 Å². The number of ketones is 1. The van der Waals surface area contributed by atoms with Crippen molar-refractivity contribution in [3.63, 3.8) is 0 Å². The number of aliphatic hydroxyl groups is 1. The van der Waals surface area contributed by atoms with Crippen LogP contribution in [0.1, 0.15) is 47.4 Å². The Kier molecular flexibility index (Phi) is 6.03. The minimum atomic E-state index is -0.966. The Morgan fingerprint density at radius 3 is 2.43 bits per heavy atom. The molecule has 0 spiro atoms. The van der Waals surface area contributed by atoms with Gasteiger partial charge in [-0.3, -0.25) is 4.79 Å². The number of hydrogen-bond donors (Lipinski definition) is 1. The minimum absolute atomic E-state index is 0.141. The van der Waals surface area contributed by atoms with Crippen LogP contribution >= 0.6 is 22.9 Å². The first kappa shape index (κ1) is 21.1. The largest absolute Gasteiger partial charge is 0.504 e. The normalized spacial score (nSPS) is 21.5. The number of aliphatic hydroxyl groups excluding tert-OH is 1. The number of carbonyl (C=O) groups is 2. The summed E-state index contributed by atoms with van der Waals surface area (Å²) in [6.07, 6.45) is 2.21. The van der Waals surface area contributed by atoms with Gasteiger partial charge in [0.1, 0.15) is 0 Å². The monoisotopic (exact) mass is 444 g/mol. The summed E-state index contributed by atoms with van der Waals surface area (Å²) in [5.41, 5.74) is 1.15. The van der Waals surface area contributed by atoms with Gasteiger partial charge in [0, 0.05) is 26.6 Å². The highest BCUT2D eigenvalue weighted by Gasteiger charge is 2.47. The number of halogens is 1. The lowest BCUT2D eigenvalue weighted by atomic mass is 9.83. The van der Waals surface area contributed by atoms with Gasteiger partial charge in [-0.2, -0.15) is 0 Å². The first-order valence-electron chi connectivity index (χ1n) is 10.4. The maximum Gasteiger partial charge on any atom is 0.339 e. The van der Waals surface area contributed by atoms with Crippen molar-refractivity contribution in [2.75, 3.05) is 0 Å². The molecule has 6 heteroatoms. The number of aryl methyl sites for hydroxylation is 1. The lowest BCUT2D eigenvalue weighted by Crippen LogP contribution is -2.42. The van der Waals surface area contributed by atoms with E-state index in [1.54, 1.807) is 23.5 Å². The van der Waals surface area contributed by atoms with Gasteiger partial charge in [-0.15, -0.1) is 11.3 Å². The van der Waals surface area contributed by atoms with Crippen molar-refractivity contribution in [2.24, 2.45) is 11.8 Å². The molecule has 1 aromatic heterocycles. The fourth-order valence-corrected chi connectivity index (χ4v) is 5.44. The van der Waals surface area contributed by atoms with Crippen molar-refractivity contribution in [2.45, 2.75) is 51.6 Å². The maximum atomic E-state index is 13.1. The second kappa shape index (κ2) is 8.56. The lowest BCUT2D eigenvalue weighted by Gasteiger charge is -2.31. The molecule has 0 saturated heterocycles. The van der Waals surface area contributed by atoms with E-state index in [0.717, 1.165) is 28.2 Å². The number of Topliss-reactive ketones (excluding diaryl/α,β-unsaturated/α-hetero) is 1. The average Bonchev–Trinajstić information content (AvgIpc) is 3.47. The number of hydrogen-bond acceptors (Lipinski definition) is 5. The average molecular weight is 445 g/mol. The zero-order valence-electron chi connectivity index (χ0n) is 17.1. The highest BCUT2D eigenvalue weighted by atomic mass is 35.5. The molecule has 1 saturated carbocycles. The van der Waals surface area contributed by atoms with Crippen LogP contribution in [0.2, 0.25) is 5.02 Å². The number of carbonyl (C=O) groups excluding carboxylic acids is 2. The molecule has 1 fully saturated rings. The van der Waals surface area contributed by atoms with E-state index in [1.807, 2.05) is 38.1 Å². The summed E-state index contributed by atoms with van der Waals surface area (Å²) >= 11 is 7.56. The summed E-state index contributed by atoms with van der Waals surface area (Å²) in [4.78, 5) is 28.3. The first-order chi connectivity index (χ1) is 14.4. The molecule has 1 aliphatic heterocycles. The molecule has 1 N–H and O–H groups in total. The van der Waals surface area contributed by atoms with Crippen molar-refractivity contribution in [3.8, 4) is 0 Å². The smallest absolute Gasteiger partial charge is 0.339 e. The summed E-state index contributed by atoms with van der Waals surface area (Å²) in [5.74, 6) is -1.66. The second-order valence-corrected chi connectivity index (χ2v) is 9.97. The quantitative estimate of drug-likeness (QED) is 0.550. The SMILES string of the molecule is CCC(Cc1ccc(Cl)cc1)C1OC(=O)C(C(c2ccc(C)s2)C2CC2)=C(O)C1=O. The standard InChI is InChI=1S/C24H25ClO4S/c1-3-15(12-14-5-9-17(25)10-6-14)23-22(27)21(26)20(24(28)29-23)19(16-7-8-16)18-11-4-13(2)30-18/h4-6,9-11,15-16,19,23,26H,3,7-8,12H2,1-2H3. The van der Waals surface area contributed by atoms with Crippen molar-refractivity contribution in [1.82, 2.24) is 0 Å². The molecule has 0 amide bonds. The number of cyclic esters (lactones) is 1. The molecule has 4 rings (SSSR count). The van der Waals surface area contributed by atoms with Crippen LogP contribution in [-0.2, 0) is 20.7 Å². The third kappa shape index (κ3) is 4.19. The molecule has 1 aliphatic carbocycles. The molecule has 0 radical (unpaired) electrons. The maximum absolute atomic E-state index is 13.1. The van der Waals surface area contributed by atoms with Crippen LogP contribution in [0.15, 0.2) is 47.7 Å². The van der Waals surface area contributed by atoms with E-state index in [1.165, 1.54) is 0 Å². The van der Waals surface area contributed by atoms with Gasteiger partial charge in [-0.05, 0) is 68.4 Å². The molecule has 3 atom stereocenters. The molecule has 1 aromatic carbocycles. The van der Waals surface area contributed by atoms with Gasteiger partial charge in [0.05, 0.1) is 5.57 Å². The van der Waals surface area contributed by atoms with Gasteiger partial charge in [-0.1, -0.05) is 30.7 Å². The summed E-state index contributed by atoms with van der Waals surface area (Å²) in [5, 5.41) is 11.5. The van der Waals surface area contributed by atoms with Crippen LogP contribution in [0.4, 0.5) is 0 Å². The van der Waals surface area contributed by atoms with E-state index in [4.69, 9.17) is 16.3 Å². The first-order valence-corrected chi connectivity index (χ1v) is 11.6. The van der Waals surface area contributed by atoms with Crippen molar-refractivity contribution in [3.05, 3.63) is 68.1 Å². The van der Waals surface area contributed by atoms with Crippen LogP contribution in [0.3, 0.4) is 0 Å². The molecule has 4 nitrogen and oxygen atoms in total. The Labute approximate surface area is 185 Å². The molecule has 3 unspecified atom stereocenters. The summed E-state index contributed by atoms with van der Waals surface area (Å²) in [6.45, 7) is 3.97. The molecule has 158 valence electrons. The summed E-state index contributed by atoms with van der Waals surface area (Å²) in [6, 6.07) is 11.4. The molecule has 2 aliphatic rings. The Morgan fingerprint density at radius 2 is 1.87 bits per heavy atom. The Bertz CT molecular complexity index is 987. The topological polar surface area (TPSA) is 63.6 Å². The zero-order chi connectivity index (χ0) is 21.4. The van der Waals surface area contributed by atoms with E-state index in [-0.39, 0.29) is 23.3 Å². The van der Waals surface area contributed by atoms with E-state index in [2.05, 4.69) is 0 Å². The third-order valence-corrected chi connectivity index (χ3v) is 7.37. The molecular weight excluding hydrogens is 420 g/mol. The fourth-order valence-electron chi connectivity index (χ4n) is 4.23. The van der Waals surface area contributed by atoms with Crippen molar-refractivity contribution < 1.29 is 19.4 Å². The van der Waals surface area contributed by atoms with Gasteiger partial charge >= 0.3 is 5.97 Å². The highest BCUT2D eigenvalue weighted by Crippen LogP contribution is 2.50. The fraction of sp³-hybridized carbons (Fsp3) is 0.417. The van der Waals surface area contributed by atoms with Crippen molar-refractivity contribution in [1.29, 1.82) is 0 Å². The van der Waals surface area contributed by atoms with Crippen LogP contribution in [-0.4, -0.2) is 23.0 Å². The number of rotatable bonds is 7. The predicted molar refractivity (Wildman–Crippen MR) is 118 cm³/mol. The van der Waals surface area contributed by atoms with Crippen LogP contribution in [0, 0.1) is 18.8 Å². The number of thiophene rings is 1. The second-order valence-electron chi connectivity index (χ2n) is 8.21. The van der Waals surface area contributed by atoms with Gasteiger partial charge < -0.3 is 9.84 Å². The Hall–Kier alpha value is -2.11. The number of ether oxygens (including phenoxy) is 1. The van der Waals surface area contributed by atoms with Gasteiger partial charge in [0.2, 0.25) is 5.78 Å². The van der Waals surface area contributed by atoms with E-state index in [0.29, 0.717) is 17.9 Å². The summed E-state index contributed by atoms with van der Waals surface area (Å²) in [7, 11) is 0. The van der Waals surface area contributed by atoms with E-state index < -0.39 is 23.6 Å². The van der Waals surface area contributed by atoms with Gasteiger partial charge in [0.15, 0.2) is 11.9 Å². The minimum Gasteiger partial charge on any atom is -0.504 e. The Morgan fingerprint density at radius 1 is 1.17 bits per heavy atom. The van der Waals surface area contributed by atoms with Gasteiger partial charge in [-0.25, -0.2) is 4.79 Å². The third-order valence-electron chi connectivity index (χ3n) is 6.04. The molecule has 2 heterocycles. The molecular formula is C24H25ClO4S. The van der Waals surface area contributed by atoms with Crippen LogP contribution in [0.25, 0.3) is 0 Å². The number of benzene rings is 1. The van der Waals surface area contributed by atoms with Crippen molar-refractivity contribution >= 4 is 34.7 Å². The Balaban J connectivity index is 1.62. The molecule has 30 heavy (non-hydrogen) atoms. The van der Waals surface area contributed by atoms with E-state index in [9.17, 15) is 14.7 Å². The van der Waals surface area contributed by atoms with Crippen LogP contribution < -0.4 is 0 Å². The highest BCUT2D eigenvalue weighted by molar-refractivity contribution is 7.12. The zero-order valence-corrected chi connectivity index (χ0v) is 18.6. The van der Waals surface area contributed by atoms with E-state index >= 15 is 0 Å². The van der Waals surface area contributed by atoms with Crippen LogP contribution in [0.5, 0.6) is 0 Å². The number of esters is 1. The molecule has 2 aromatic rings.